The molecule has 0 aliphatic heterocycles. The van der Waals surface area contributed by atoms with Gasteiger partial charge in [-0.05, 0) is 54.6 Å². The van der Waals surface area contributed by atoms with Crippen molar-refractivity contribution in [1.82, 2.24) is 10.9 Å². The van der Waals surface area contributed by atoms with Gasteiger partial charge in [-0.1, -0.05) is 23.2 Å². The third-order valence-corrected chi connectivity index (χ3v) is 6.57. The molecule has 0 saturated heterocycles. The van der Waals surface area contributed by atoms with Crippen LogP contribution in [-0.2, 0) is 28.7 Å². The molecule has 3 N–H and O–H groups in total. The number of benzene rings is 3. The maximum Gasteiger partial charge on any atom is 0.349 e. The Bertz CT molecular complexity index is 1810. The van der Waals surface area contributed by atoms with Crippen LogP contribution in [0.3, 0.4) is 0 Å². The zero-order valence-corrected chi connectivity index (χ0v) is 27.4. The minimum absolute atomic E-state index is 0.0702. The summed E-state index contributed by atoms with van der Waals surface area (Å²) in [7, 11) is 2.41. The molecule has 0 aromatic heterocycles. The smallest absolute Gasteiger partial charge is 0.349 e. The van der Waals surface area contributed by atoms with Crippen LogP contribution in [-0.4, -0.2) is 73.2 Å². The number of halogens is 2. The van der Waals surface area contributed by atoms with E-state index in [9.17, 15) is 38.7 Å². The van der Waals surface area contributed by atoms with E-state index in [1.807, 2.05) is 10.9 Å². The van der Waals surface area contributed by atoms with E-state index >= 15 is 0 Å². The van der Waals surface area contributed by atoms with Gasteiger partial charge in [0.15, 0.2) is 23.0 Å². The zero-order valence-electron chi connectivity index (χ0n) is 25.9. The van der Waals surface area contributed by atoms with E-state index in [0.29, 0.717) is 0 Å². The van der Waals surface area contributed by atoms with Gasteiger partial charge in [0.05, 0.1) is 35.9 Å². The molecule has 0 heterocycles. The summed E-state index contributed by atoms with van der Waals surface area (Å²) in [6, 6.07) is 10.5. The third kappa shape index (κ3) is 10.1. The van der Waals surface area contributed by atoms with Crippen LogP contribution in [0.2, 0.25) is 10.0 Å². The molecule has 0 saturated carbocycles. The first-order valence-electron chi connectivity index (χ1n) is 13.6. The van der Waals surface area contributed by atoms with E-state index in [0.717, 1.165) is 38.1 Å². The second-order valence-electron chi connectivity index (χ2n) is 9.48. The highest BCUT2D eigenvalue weighted by molar-refractivity contribution is 6.36. The predicted octanol–water partition coefficient (Wildman–Crippen LogP) is 3.16. The van der Waals surface area contributed by atoms with E-state index in [4.69, 9.17) is 51.6 Å². The minimum Gasteiger partial charge on any atom is -0.493 e. The van der Waals surface area contributed by atoms with E-state index in [-0.39, 0.29) is 49.7 Å². The summed E-state index contributed by atoms with van der Waals surface area (Å²) >= 11 is 11.9. The van der Waals surface area contributed by atoms with E-state index in [2.05, 4.69) is 0 Å². The number of nitrogens with one attached hydrogen (secondary N) is 2. The highest BCUT2D eigenvalue weighted by atomic mass is 35.5. The molecule has 3 aromatic rings. The monoisotopic (exact) mass is 720 g/mol. The van der Waals surface area contributed by atoms with Crippen LogP contribution < -0.4 is 29.8 Å². The zero-order chi connectivity index (χ0) is 36.4. The molecule has 0 bridgehead atoms. The number of aliphatic carboxylic acids is 1. The second kappa shape index (κ2) is 16.8. The van der Waals surface area contributed by atoms with Gasteiger partial charge in [-0.15, -0.1) is 0 Å². The predicted molar refractivity (Wildman–Crippen MR) is 167 cm³/mol. The van der Waals surface area contributed by atoms with Crippen molar-refractivity contribution in [3.8, 4) is 23.0 Å². The fourth-order valence-corrected chi connectivity index (χ4v) is 4.35. The van der Waals surface area contributed by atoms with Crippen LogP contribution in [0.25, 0.3) is 0 Å². The molecule has 2 amide bonds. The first-order chi connectivity index (χ1) is 23.1. The number of hydrogen-bond acceptors (Lipinski definition) is 13. The van der Waals surface area contributed by atoms with Crippen molar-refractivity contribution in [1.29, 1.82) is 0 Å². The number of hydrazine groups is 1. The normalized spacial score (nSPS) is 11.6. The lowest BCUT2D eigenvalue weighted by Gasteiger charge is -2.24. The Kier molecular flexibility index (Phi) is 12.9. The summed E-state index contributed by atoms with van der Waals surface area (Å²) in [5, 5.41) is 10.1. The molecule has 3 rings (SSSR count). The molecule has 0 fully saturated rings. The topological polar surface area (TPSA) is 219 Å². The van der Waals surface area contributed by atoms with E-state index in [1.54, 1.807) is 0 Å². The summed E-state index contributed by atoms with van der Waals surface area (Å²) in [5.74, 6) is -8.79. The number of amides is 2. The third-order valence-electron chi connectivity index (χ3n) is 6.03. The van der Waals surface area contributed by atoms with Crippen LogP contribution in [0.15, 0.2) is 54.6 Å². The van der Waals surface area contributed by atoms with Crippen molar-refractivity contribution in [2.45, 2.75) is 26.1 Å². The van der Waals surface area contributed by atoms with Crippen LogP contribution >= 0.6 is 23.2 Å². The van der Waals surface area contributed by atoms with Gasteiger partial charge in [-0.2, -0.15) is 0 Å². The van der Waals surface area contributed by atoms with Gasteiger partial charge in [0, 0.05) is 18.9 Å². The van der Waals surface area contributed by atoms with Gasteiger partial charge in [0.25, 0.3) is 11.8 Å². The number of carboxylic acids is 1. The lowest BCUT2D eigenvalue weighted by molar-refractivity contribution is -0.159. The molecular weight excluding hydrogens is 695 g/mol. The van der Waals surface area contributed by atoms with Crippen LogP contribution in [0.5, 0.6) is 23.0 Å². The molecule has 16 nitrogen and oxygen atoms in total. The Labute approximate surface area is 287 Å². The van der Waals surface area contributed by atoms with Crippen LogP contribution in [0, 0.1) is 0 Å². The number of methoxy groups -OCH3 is 2. The molecule has 3 aromatic carbocycles. The molecule has 0 aliphatic carbocycles. The first-order valence-corrected chi connectivity index (χ1v) is 14.3. The lowest BCUT2D eigenvalue weighted by atomic mass is 10.1. The van der Waals surface area contributed by atoms with Crippen molar-refractivity contribution in [3.05, 3.63) is 81.3 Å². The standard InChI is InChI=1S/C31H26Cl2N2O14/c1-14(36)46-21-9-5-16(11-23(21)44-3)30(42)48-25(28(39)35-34-27(38)19-8-7-18(32)13-20(19)33)26(29(40)41)49-31(43)17-6-10-22(47-15(2)37)24(12-17)45-4/h5-13,25-26H,1-4H3,(H,34,38)(H,35,39)(H,40,41)/t25-,26+/m0/s1. The Morgan fingerprint density at radius 1 is 0.653 bits per heavy atom. The Morgan fingerprint density at radius 2 is 1.14 bits per heavy atom. The average Bonchev–Trinajstić information content (AvgIpc) is 3.04. The molecule has 0 spiro atoms. The van der Waals surface area contributed by atoms with Gasteiger partial charge in [-0.3, -0.25) is 30.0 Å². The Hall–Kier alpha value is -5.87. The molecule has 0 aliphatic rings. The van der Waals surface area contributed by atoms with Crippen molar-refractivity contribution >= 4 is 64.9 Å². The molecular formula is C31H26Cl2N2O14. The molecule has 0 radical (unpaired) electrons. The molecule has 2 atom stereocenters. The molecule has 18 heteroatoms. The van der Waals surface area contributed by atoms with Gasteiger partial charge in [0.2, 0.25) is 12.2 Å². The largest absolute Gasteiger partial charge is 0.493 e. The maximum absolute atomic E-state index is 13.3. The van der Waals surface area contributed by atoms with Gasteiger partial charge >= 0.3 is 29.8 Å². The summed E-state index contributed by atoms with van der Waals surface area (Å²) in [5.41, 5.74) is 3.13. The summed E-state index contributed by atoms with van der Waals surface area (Å²) in [6.45, 7) is 2.25. The molecule has 258 valence electrons. The SMILES string of the molecule is COc1cc(C(=O)O[C@H](C(=O)NNC(=O)c2ccc(Cl)cc2Cl)[C@@H](OC(=O)c2ccc(OC(C)=O)c(OC)c2)C(=O)O)ccc1OC(C)=O. The Balaban J connectivity index is 1.95. The van der Waals surface area contributed by atoms with Crippen molar-refractivity contribution < 1.29 is 67.1 Å². The van der Waals surface area contributed by atoms with Gasteiger partial charge in [0.1, 0.15) is 0 Å². The maximum atomic E-state index is 13.3. The van der Waals surface area contributed by atoms with Gasteiger partial charge in [-0.25, -0.2) is 14.4 Å². The average molecular weight is 721 g/mol. The number of ether oxygens (including phenoxy) is 6. The first kappa shape index (κ1) is 37.6. The number of carbonyl (C=O) groups excluding carboxylic acids is 6. The van der Waals surface area contributed by atoms with Crippen LogP contribution in [0.4, 0.5) is 0 Å². The summed E-state index contributed by atoms with van der Waals surface area (Å²) in [6.07, 6.45) is -4.97. The number of rotatable bonds is 12. The van der Waals surface area contributed by atoms with Crippen molar-refractivity contribution in [2.75, 3.05) is 14.2 Å². The van der Waals surface area contributed by atoms with E-state index in [1.165, 1.54) is 44.6 Å². The number of hydrogen-bond donors (Lipinski definition) is 3. The summed E-state index contributed by atoms with van der Waals surface area (Å²) in [4.78, 5) is 87.5. The highest BCUT2D eigenvalue weighted by Crippen LogP contribution is 2.30. The van der Waals surface area contributed by atoms with Crippen LogP contribution in [0.1, 0.15) is 44.9 Å². The number of carbonyl (C=O) groups is 7. The fraction of sp³-hybridized carbons (Fsp3) is 0.194. The lowest BCUT2D eigenvalue weighted by Crippen LogP contribution is -2.54. The quantitative estimate of drug-likeness (QED) is 0.139. The molecule has 49 heavy (non-hydrogen) atoms. The van der Waals surface area contributed by atoms with Gasteiger partial charge < -0.3 is 33.5 Å². The number of carboxylic acid groups (broad SMARTS) is 1. The van der Waals surface area contributed by atoms with E-state index < -0.39 is 53.9 Å². The fourth-order valence-electron chi connectivity index (χ4n) is 3.86. The second-order valence-corrected chi connectivity index (χ2v) is 10.3. The van der Waals surface area contributed by atoms with Crippen molar-refractivity contribution in [3.63, 3.8) is 0 Å². The Morgan fingerprint density at radius 3 is 1.57 bits per heavy atom. The number of esters is 4. The summed E-state index contributed by atoms with van der Waals surface area (Å²) < 4.78 is 30.5. The molecule has 0 unspecified atom stereocenters. The minimum atomic E-state index is -2.52. The van der Waals surface area contributed by atoms with Crippen molar-refractivity contribution in [2.24, 2.45) is 0 Å². The highest BCUT2D eigenvalue weighted by Gasteiger charge is 2.41.